The van der Waals surface area contributed by atoms with Gasteiger partial charge < -0.3 is 0 Å². The second kappa shape index (κ2) is 5.07. The molecule has 1 unspecified atom stereocenters. The maximum absolute atomic E-state index is 12.6. The number of nitrogens with zero attached hydrogens (tertiary/aromatic N) is 2. The molecular formula is C15H12ClN3O2S. The molecule has 1 aromatic carbocycles. The van der Waals surface area contributed by atoms with Gasteiger partial charge in [-0.3, -0.25) is 19.1 Å². The van der Waals surface area contributed by atoms with Crippen molar-refractivity contribution in [1.29, 1.82) is 0 Å². The maximum Gasteiger partial charge on any atom is 0.280 e. The van der Waals surface area contributed by atoms with Gasteiger partial charge in [0.05, 0.1) is 22.3 Å². The molecule has 4 rings (SSSR count). The first-order valence-corrected chi connectivity index (χ1v) is 8.72. The Balaban J connectivity index is 1.97. The van der Waals surface area contributed by atoms with E-state index in [4.69, 9.17) is 11.6 Å². The van der Waals surface area contributed by atoms with Crippen LogP contribution in [0.1, 0.15) is 11.3 Å². The highest BCUT2D eigenvalue weighted by Gasteiger charge is 2.21. The highest BCUT2D eigenvalue weighted by atomic mass is 35.5. The van der Waals surface area contributed by atoms with E-state index in [1.165, 1.54) is 4.68 Å². The summed E-state index contributed by atoms with van der Waals surface area (Å²) in [4.78, 5) is 16.9. The van der Waals surface area contributed by atoms with Crippen LogP contribution >= 0.6 is 11.6 Å². The van der Waals surface area contributed by atoms with Gasteiger partial charge >= 0.3 is 0 Å². The van der Waals surface area contributed by atoms with E-state index in [0.29, 0.717) is 34.0 Å². The third-order valence-electron chi connectivity index (χ3n) is 3.88. The van der Waals surface area contributed by atoms with E-state index in [2.05, 4.69) is 10.1 Å². The predicted molar refractivity (Wildman–Crippen MR) is 87.1 cm³/mol. The van der Waals surface area contributed by atoms with Crippen LogP contribution in [0.15, 0.2) is 35.3 Å². The number of halogens is 1. The lowest BCUT2D eigenvalue weighted by atomic mass is 10.1. The monoisotopic (exact) mass is 333 g/mol. The van der Waals surface area contributed by atoms with Crippen molar-refractivity contribution in [3.05, 3.63) is 57.1 Å². The van der Waals surface area contributed by atoms with Crippen LogP contribution in [0.25, 0.3) is 16.6 Å². The molecule has 0 amide bonds. The van der Waals surface area contributed by atoms with Crippen LogP contribution < -0.4 is 5.56 Å². The molecule has 0 spiro atoms. The lowest BCUT2D eigenvalue weighted by molar-refractivity contribution is 0.678. The fourth-order valence-corrected chi connectivity index (χ4v) is 4.08. The Bertz CT molecular complexity index is 959. The van der Waals surface area contributed by atoms with Gasteiger partial charge in [-0.2, -0.15) is 0 Å². The number of aromatic amines is 1. The van der Waals surface area contributed by atoms with Crippen LogP contribution in [0.3, 0.4) is 0 Å². The Kier molecular flexibility index (Phi) is 3.16. The van der Waals surface area contributed by atoms with Gasteiger partial charge in [0, 0.05) is 45.5 Å². The van der Waals surface area contributed by atoms with E-state index in [-0.39, 0.29) is 5.56 Å². The van der Waals surface area contributed by atoms with Gasteiger partial charge in [0.15, 0.2) is 0 Å². The number of rotatable bonds is 1. The summed E-state index contributed by atoms with van der Waals surface area (Å²) in [5, 5.41) is 4.27. The fraction of sp³-hybridized carbons (Fsp3) is 0.200. The summed E-state index contributed by atoms with van der Waals surface area (Å²) < 4.78 is 13.3. The lowest BCUT2D eigenvalue weighted by Gasteiger charge is -2.14. The molecule has 1 aliphatic rings. The van der Waals surface area contributed by atoms with Crippen LogP contribution in [-0.4, -0.2) is 24.7 Å². The molecule has 0 saturated heterocycles. The Morgan fingerprint density at radius 2 is 2.05 bits per heavy atom. The van der Waals surface area contributed by atoms with Crippen molar-refractivity contribution in [3.8, 4) is 5.69 Å². The summed E-state index contributed by atoms with van der Waals surface area (Å²) in [6, 6.07) is 7.02. The minimum atomic E-state index is -0.891. The highest BCUT2D eigenvalue weighted by molar-refractivity contribution is 7.84. The maximum atomic E-state index is 12.6. The number of hydrogen-bond acceptors (Lipinski definition) is 3. The van der Waals surface area contributed by atoms with Crippen molar-refractivity contribution >= 4 is 33.3 Å². The van der Waals surface area contributed by atoms with E-state index in [0.717, 1.165) is 16.8 Å². The third-order valence-corrected chi connectivity index (χ3v) is 5.40. The molecule has 1 aliphatic heterocycles. The molecule has 22 heavy (non-hydrogen) atoms. The lowest BCUT2D eigenvalue weighted by Crippen LogP contribution is -2.15. The van der Waals surface area contributed by atoms with Crippen LogP contribution in [0.2, 0.25) is 5.02 Å². The van der Waals surface area contributed by atoms with Gasteiger partial charge in [-0.15, -0.1) is 0 Å². The average molecular weight is 334 g/mol. The second-order valence-corrected chi connectivity index (χ2v) is 7.25. The molecule has 3 aromatic rings. The number of aromatic nitrogens is 3. The summed E-state index contributed by atoms with van der Waals surface area (Å²) in [5.74, 6) is 1.08. The molecule has 7 heteroatoms. The molecule has 1 atom stereocenters. The van der Waals surface area contributed by atoms with Crippen LogP contribution in [0, 0.1) is 0 Å². The molecule has 0 saturated carbocycles. The molecule has 112 valence electrons. The zero-order valence-electron chi connectivity index (χ0n) is 11.5. The predicted octanol–water partition coefficient (Wildman–Crippen LogP) is 2.17. The SMILES string of the molecule is O=c1c2cnc3c(c2[nH]n1-c1ccc(Cl)cc1)CS(=O)CC3. The van der Waals surface area contributed by atoms with Crippen molar-refractivity contribution < 1.29 is 4.21 Å². The van der Waals surface area contributed by atoms with Crippen molar-refractivity contribution in [2.24, 2.45) is 0 Å². The normalized spacial score (nSPS) is 17.6. The second-order valence-electron chi connectivity index (χ2n) is 5.24. The van der Waals surface area contributed by atoms with Crippen molar-refractivity contribution in [3.63, 3.8) is 0 Å². The molecular weight excluding hydrogens is 322 g/mol. The highest BCUT2D eigenvalue weighted by Crippen LogP contribution is 2.24. The minimum absolute atomic E-state index is 0.163. The topological polar surface area (TPSA) is 67.8 Å². The number of aryl methyl sites for hydroxylation is 1. The Labute approximate surface area is 133 Å². The zero-order valence-corrected chi connectivity index (χ0v) is 13.1. The first kappa shape index (κ1) is 13.7. The summed E-state index contributed by atoms with van der Waals surface area (Å²) in [6.45, 7) is 0. The Hall–Kier alpha value is -1.92. The molecule has 0 aliphatic carbocycles. The summed E-state index contributed by atoms with van der Waals surface area (Å²) in [5.41, 5.74) is 3.10. The fourth-order valence-electron chi connectivity index (χ4n) is 2.75. The standard InChI is InChI=1S/C15H12ClN3O2S/c16-9-1-3-10(4-2-9)19-15(20)11-7-17-13-5-6-22(21)8-12(13)14(11)18-19/h1-4,7,18H,5-6,8H2. The first-order valence-electron chi connectivity index (χ1n) is 6.86. The quantitative estimate of drug-likeness (QED) is 0.742. The summed E-state index contributed by atoms with van der Waals surface area (Å²) >= 11 is 5.89. The molecule has 3 heterocycles. The molecule has 0 radical (unpaired) electrons. The Morgan fingerprint density at radius 3 is 2.82 bits per heavy atom. The summed E-state index contributed by atoms with van der Waals surface area (Å²) in [7, 11) is -0.891. The van der Waals surface area contributed by atoms with E-state index in [1.807, 2.05) is 0 Å². The Morgan fingerprint density at radius 1 is 1.27 bits per heavy atom. The molecule has 1 N–H and O–H groups in total. The molecule has 0 fully saturated rings. The molecule has 2 aromatic heterocycles. The van der Waals surface area contributed by atoms with E-state index < -0.39 is 10.8 Å². The van der Waals surface area contributed by atoms with Gasteiger partial charge in [-0.1, -0.05) is 11.6 Å². The van der Waals surface area contributed by atoms with Crippen molar-refractivity contribution in [2.45, 2.75) is 12.2 Å². The van der Waals surface area contributed by atoms with Crippen LogP contribution in [0.5, 0.6) is 0 Å². The van der Waals surface area contributed by atoms with Crippen molar-refractivity contribution in [2.75, 3.05) is 5.75 Å². The average Bonchev–Trinajstić information content (AvgIpc) is 2.86. The largest absolute Gasteiger partial charge is 0.290 e. The third kappa shape index (κ3) is 2.10. The number of hydrogen-bond donors (Lipinski definition) is 1. The van der Waals surface area contributed by atoms with Gasteiger partial charge in [0.2, 0.25) is 0 Å². The molecule has 0 bridgehead atoms. The minimum Gasteiger partial charge on any atom is -0.290 e. The van der Waals surface area contributed by atoms with Gasteiger partial charge in [0.1, 0.15) is 0 Å². The first-order chi connectivity index (χ1) is 10.6. The van der Waals surface area contributed by atoms with Gasteiger partial charge in [-0.05, 0) is 24.3 Å². The number of nitrogens with one attached hydrogen (secondary N) is 1. The van der Waals surface area contributed by atoms with Gasteiger partial charge in [0.25, 0.3) is 5.56 Å². The smallest absolute Gasteiger partial charge is 0.280 e. The number of pyridine rings is 1. The van der Waals surface area contributed by atoms with E-state index in [1.54, 1.807) is 30.5 Å². The number of fused-ring (bicyclic) bond motifs is 3. The van der Waals surface area contributed by atoms with Gasteiger partial charge in [-0.25, -0.2) is 4.68 Å². The van der Waals surface area contributed by atoms with E-state index in [9.17, 15) is 9.00 Å². The zero-order chi connectivity index (χ0) is 15.3. The number of benzene rings is 1. The van der Waals surface area contributed by atoms with Crippen LogP contribution in [0.4, 0.5) is 0 Å². The summed E-state index contributed by atoms with van der Waals surface area (Å²) in [6.07, 6.45) is 2.29. The van der Waals surface area contributed by atoms with Crippen LogP contribution in [-0.2, 0) is 23.0 Å². The number of H-pyrrole nitrogens is 1. The molecule has 5 nitrogen and oxygen atoms in total. The van der Waals surface area contributed by atoms with Crippen molar-refractivity contribution in [1.82, 2.24) is 14.8 Å². The van der Waals surface area contributed by atoms with E-state index >= 15 is 0 Å².